The second kappa shape index (κ2) is 11.0. The minimum absolute atomic E-state index is 0.0757. The van der Waals surface area contributed by atoms with Gasteiger partial charge in [-0.15, -0.1) is 0 Å². The van der Waals surface area contributed by atoms with E-state index < -0.39 is 47.4 Å². The first kappa shape index (κ1) is 26.6. The van der Waals surface area contributed by atoms with E-state index in [1.165, 1.54) is 4.90 Å². The van der Waals surface area contributed by atoms with E-state index in [-0.39, 0.29) is 6.61 Å². The van der Waals surface area contributed by atoms with Gasteiger partial charge in [0, 0.05) is 6.54 Å². The first-order valence-electron chi connectivity index (χ1n) is 11.5. The maximum atomic E-state index is 13.5. The fraction of sp³-hybridized carbons (Fsp3) is 0.640. The summed E-state index contributed by atoms with van der Waals surface area (Å²) in [4.78, 5) is 40.3. The molecule has 1 aromatic carbocycles. The van der Waals surface area contributed by atoms with Crippen molar-refractivity contribution in [1.82, 2.24) is 10.2 Å². The number of rotatable bonds is 7. The van der Waals surface area contributed by atoms with Crippen molar-refractivity contribution < 1.29 is 28.6 Å². The van der Waals surface area contributed by atoms with Crippen molar-refractivity contribution in [1.29, 1.82) is 0 Å². The number of nitrogens with zero attached hydrogens (tertiary/aromatic N) is 1. The summed E-state index contributed by atoms with van der Waals surface area (Å²) in [6.45, 7) is 13.2. The summed E-state index contributed by atoms with van der Waals surface area (Å²) in [6.07, 6.45) is -0.188. The van der Waals surface area contributed by atoms with Crippen molar-refractivity contribution >= 4 is 18.0 Å². The molecule has 1 aliphatic heterocycles. The van der Waals surface area contributed by atoms with E-state index in [0.29, 0.717) is 19.4 Å². The number of benzene rings is 1. The van der Waals surface area contributed by atoms with Crippen LogP contribution in [0.25, 0.3) is 0 Å². The lowest BCUT2D eigenvalue weighted by molar-refractivity contribution is -0.164. The van der Waals surface area contributed by atoms with Crippen LogP contribution in [0, 0.1) is 0 Å². The number of carbonyl (C=O) groups excluding carboxylic acids is 3. The maximum Gasteiger partial charge on any atom is 0.408 e. The Morgan fingerprint density at radius 2 is 1.70 bits per heavy atom. The summed E-state index contributed by atoms with van der Waals surface area (Å²) in [6, 6.07) is 7.56. The van der Waals surface area contributed by atoms with Crippen molar-refractivity contribution in [2.45, 2.75) is 97.3 Å². The fourth-order valence-corrected chi connectivity index (χ4v) is 3.72. The molecule has 0 saturated carbocycles. The molecular formula is C25H38N2O6. The zero-order valence-corrected chi connectivity index (χ0v) is 20.8. The van der Waals surface area contributed by atoms with Crippen LogP contribution in [0.1, 0.15) is 66.9 Å². The van der Waals surface area contributed by atoms with Gasteiger partial charge in [-0.2, -0.15) is 0 Å². The average Bonchev–Trinajstić information content (AvgIpc) is 3.18. The number of hydrogen-bond acceptors (Lipinski definition) is 6. The molecule has 33 heavy (non-hydrogen) atoms. The highest BCUT2D eigenvalue weighted by Crippen LogP contribution is 2.24. The normalized spacial score (nSPS) is 18.4. The Hall–Kier alpha value is -2.61. The van der Waals surface area contributed by atoms with Crippen LogP contribution in [0.4, 0.5) is 4.79 Å². The van der Waals surface area contributed by atoms with Gasteiger partial charge in [-0.05, 0) is 66.9 Å². The molecule has 8 nitrogen and oxygen atoms in total. The predicted octanol–water partition coefficient (Wildman–Crippen LogP) is 3.82. The molecule has 2 rings (SSSR count). The molecule has 1 aliphatic rings. The number of ether oxygens (including phenoxy) is 3. The number of carbonyl (C=O) groups is 3. The molecule has 0 aliphatic carbocycles. The molecule has 8 heteroatoms. The van der Waals surface area contributed by atoms with E-state index in [2.05, 4.69) is 5.32 Å². The van der Waals surface area contributed by atoms with Crippen LogP contribution < -0.4 is 5.32 Å². The number of hydrogen-bond donors (Lipinski definition) is 1. The van der Waals surface area contributed by atoms with E-state index in [1.807, 2.05) is 51.1 Å². The Balaban J connectivity index is 2.15. The number of likely N-dealkylation sites (tertiary alicyclic amines) is 1. The van der Waals surface area contributed by atoms with Crippen LogP contribution in [0.15, 0.2) is 30.3 Å². The van der Waals surface area contributed by atoms with Crippen LogP contribution in [0.2, 0.25) is 0 Å². The van der Waals surface area contributed by atoms with Crippen molar-refractivity contribution in [2.75, 3.05) is 6.54 Å². The van der Waals surface area contributed by atoms with Gasteiger partial charge in [0.2, 0.25) is 5.91 Å². The topological polar surface area (TPSA) is 94.2 Å². The second-order valence-electron chi connectivity index (χ2n) is 10.3. The van der Waals surface area contributed by atoms with Gasteiger partial charge in [0.25, 0.3) is 0 Å². The Morgan fingerprint density at radius 3 is 2.27 bits per heavy atom. The maximum absolute atomic E-state index is 13.5. The lowest BCUT2D eigenvalue weighted by Crippen LogP contribution is -2.57. The smallest absolute Gasteiger partial charge is 0.408 e. The number of alkyl carbamates (subject to hydrolysis) is 1. The van der Waals surface area contributed by atoms with Gasteiger partial charge in [0.1, 0.15) is 24.3 Å². The lowest BCUT2D eigenvalue weighted by atomic mass is 10.1. The molecule has 0 spiro atoms. The van der Waals surface area contributed by atoms with Crippen LogP contribution in [-0.2, 0) is 30.4 Å². The monoisotopic (exact) mass is 462 g/mol. The zero-order valence-electron chi connectivity index (χ0n) is 20.8. The summed E-state index contributed by atoms with van der Waals surface area (Å²) in [5.74, 6) is -0.833. The molecule has 2 amide bonds. The molecule has 184 valence electrons. The van der Waals surface area contributed by atoms with E-state index in [0.717, 1.165) is 5.56 Å². The molecule has 1 fully saturated rings. The van der Waals surface area contributed by atoms with Crippen LogP contribution in [0.5, 0.6) is 0 Å². The van der Waals surface area contributed by atoms with E-state index in [1.54, 1.807) is 27.7 Å². The Kier molecular flexibility index (Phi) is 8.89. The Morgan fingerprint density at radius 1 is 1.06 bits per heavy atom. The third-order valence-corrected chi connectivity index (χ3v) is 4.98. The molecule has 0 bridgehead atoms. The average molecular weight is 463 g/mol. The standard InChI is InChI=1S/C25H38N2O6/c1-17(32-24(2,3)4)20(26-23(30)31-16-18-12-9-8-10-13-18)21(28)27-15-11-14-19(27)22(29)33-25(5,6)7/h8-10,12-13,17,19-20H,11,14-16H2,1-7H3,(H,26,30)/t17-,19+,20+/m1/s1. The molecule has 0 unspecified atom stereocenters. The minimum Gasteiger partial charge on any atom is -0.458 e. The summed E-state index contributed by atoms with van der Waals surface area (Å²) >= 11 is 0. The molecule has 1 aromatic rings. The third-order valence-electron chi connectivity index (χ3n) is 4.98. The van der Waals surface area contributed by atoms with Gasteiger partial charge >= 0.3 is 12.1 Å². The zero-order chi connectivity index (χ0) is 24.8. The number of nitrogens with one attached hydrogen (secondary N) is 1. The summed E-state index contributed by atoms with van der Waals surface area (Å²) < 4.78 is 16.8. The highest BCUT2D eigenvalue weighted by atomic mass is 16.6. The van der Waals surface area contributed by atoms with Gasteiger partial charge in [0.15, 0.2) is 0 Å². The molecular weight excluding hydrogens is 424 g/mol. The molecule has 0 aromatic heterocycles. The molecule has 3 atom stereocenters. The van der Waals surface area contributed by atoms with E-state index in [4.69, 9.17) is 14.2 Å². The van der Waals surface area contributed by atoms with Crippen LogP contribution in [-0.4, -0.2) is 58.8 Å². The predicted molar refractivity (Wildman–Crippen MR) is 124 cm³/mol. The molecule has 0 radical (unpaired) electrons. The van der Waals surface area contributed by atoms with Crippen molar-refractivity contribution in [3.05, 3.63) is 35.9 Å². The second-order valence-corrected chi connectivity index (χ2v) is 10.3. The highest BCUT2D eigenvalue weighted by Gasteiger charge is 2.42. The minimum atomic E-state index is -1.02. The number of esters is 1. The first-order valence-corrected chi connectivity index (χ1v) is 11.5. The lowest BCUT2D eigenvalue weighted by Gasteiger charge is -2.34. The van der Waals surface area contributed by atoms with E-state index in [9.17, 15) is 14.4 Å². The van der Waals surface area contributed by atoms with Gasteiger partial charge in [-0.25, -0.2) is 9.59 Å². The summed E-state index contributed by atoms with van der Waals surface area (Å²) in [7, 11) is 0. The van der Waals surface area contributed by atoms with Crippen LogP contribution >= 0.6 is 0 Å². The highest BCUT2D eigenvalue weighted by molar-refractivity contribution is 5.90. The van der Waals surface area contributed by atoms with Crippen molar-refractivity contribution in [3.63, 3.8) is 0 Å². The Labute approximate surface area is 196 Å². The molecule has 1 N–H and O–H groups in total. The molecule has 1 heterocycles. The van der Waals surface area contributed by atoms with Gasteiger partial charge in [-0.3, -0.25) is 4.79 Å². The SMILES string of the molecule is C[C@@H](OC(C)(C)C)[C@H](NC(=O)OCc1ccccc1)C(=O)N1CCC[C@H]1C(=O)OC(C)(C)C. The van der Waals surface area contributed by atoms with Gasteiger partial charge in [0.05, 0.1) is 11.7 Å². The largest absolute Gasteiger partial charge is 0.458 e. The number of amides is 2. The van der Waals surface area contributed by atoms with Crippen molar-refractivity contribution in [3.8, 4) is 0 Å². The summed E-state index contributed by atoms with van der Waals surface area (Å²) in [5.41, 5.74) is -0.363. The van der Waals surface area contributed by atoms with Crippen LogP contribution in [0.3, 0.4) is 0 Å². The summed E-state index contributed by atoms with van der Waals surface area (Å²) in [5, 5.41) is 2.66. The van der Waals surface area contributed by atoms with Crippen molar-refractivity contribution in [2.24, 2.45) is 0 Å². The van der Waals surface area contributed by atoms with Gasteiger partial charge < -0.3 is 24.4 Å². The van der Waals surface area contributed by atoms with Gasteiger partial charge in [-0.1, -0.05) is 30.3 Å². The quantitative estimate of drug-likeness (QED) is 0.619. The molecule has 1 saturated heterocycles. The third kappa shape index (κ3) is 8.68. The van der Waals surface area contributed by atoms with E-state index >= 15 is 0 Å². The Bertz CT molecular complexity index is 812. The first-order chi connectivity index (χ1) is 15.3. The fourth-order valence-electron chi connectivity index (χ4n) is 3.72.